The van der Waals surface area contributed by atoms with Crippen LogP contribution in [0, 0.1) is 5.92 Å². The van der Waals surface area contributed by atoms with Crippen LogP contribution in [0.25, 0.3) is 0 Å². The van der Waals surface area contributed by atoms with Gasteiger partial charge in [-0.25, -0.2) is 0 Å². The van der Waals surface area contributed by atoms with Crippen molar-refractivity contribution in [3.8, 4) is 5.75 Å². The highest BCUT2D eigenvalue weighted by molar-refractivity contribution is 6.30. The Bertz CT molecular complexity index is 737. The normalized spacial score (nSPS) is 16.1. The molecule has 1 saturated heterocycles. The first-order valence-corrected chi connectivity index (χ1v) is 9.46. The summed E-state index contributed by atoms with van der Waals surface area (Å²) in [6.45, 7) is 2.62. The van der Waals surface area contributed by atoms with Crippen LogP contribution in [0.15, 0.2) is 48.5 Å². The van der Waals surface area contributed by atoms with E-state index in [9.17, 15) is 4.79 Å². The van der Waals surface area contributed by atoms with E-state index in [1.807, 2.05) is 41.3 Å². The zero-order valence-electron chi connectivity index (χ0n) is 15.3. The number of halogens is 2. The molecule has 1 heterocycles. The highest BCUT2D eigenvalue weighted by Crippen LogP contribution is 2.23. The number of carbonyl (C=O) groups excluding carboxylic acids is 1. The first-order valence-electron chi connectivity index (χ1n) is 9.08. The molecule has 0 aliphatic carbocycles. The summed E-state index contributed by atoms with van der Waals surface area (Å²) < 4.78 is 5.54. The van der Waals surface area contributed by atoms with Crippen molar-refractivity contribution >= 4 is 29.9 Å². The van der Waals surface area contributed by atoms with Crippen LogP contribution in [-0.4, -0.2) is 37.0 Å². The molecule has 146 valence electrons. The lowest BCUT2D eigenvalue weighted by Gasteiger charge is -2.17. The minimum atomic E-state index is 0. The molecule has 1 fully saturated rings. The first kappa shape index (κ1) is 21.5. The van der Waals surface area contributed by atoms with E-state index < -0.39 is 0 Å². The van der Waals surface area contributed by atoms with Crippen molar-refractivity contribution in [2.45, 2.75) is 19.3 Å². The fourth-order valence-corrected chi connectivity index (χ4v) is 3.51. The maximum Gasteiger partial charge on any atom is 0.227 e. The van der Waals surface area contributed by atoms with Gasteiger partial charge in [-0.15, -0.1) is 12.4 Å². The summed E-state index contributed by atoms with van der Waals surface area (Å²) in [4.78, 5) is 14.6. The number of likely N-dealkylation sites (tertiary alicyclic amines) is 1. The van der Waals surface area contributed by atoms with Gasteiger partial charge in [-0.05, 0) is 54.2 Å². The molecule has 0 aromatic heterocycles. The Labute approximate surface area is 172 Å². The third kappa shape index (κ3) is 6.42. The highest BCUT2D eigenvalue weighted by atomic mass is 35.5. The second-order valence-corrected chi connectivity index (χ2v) is 7.22. The summed E-state index contributed by atoms with van der Waals surface area (Å²) in [7, 11) is 0. The Morgan fingerprint density at radius 1 is 1.19 bits per heavy atom. The van der Waals surface area contributed by atoms with Crippen LogP contribution in [0.1, 0.15) is 17.5 Å². The van der Waals surface area contributed by atoms with Crippen molar-refractivity contribution in [1.82, 2.24) is 4.90 Å². The van der Waals surface area contributed by atoms with E-state index in [0.29, 0.717) is 25.5 Å². The van der Waals surface area contributed by atoms with Crippen LogP contribution in [-0.2, 0) is 17.6 Å². The Balaban J connectivity index is 0.00000261. The maximum atomic E-state index is 12.6. The standard InChI is InChI=1S/C21H25ClN2O2.ClH/c22-19-6-4-16(5-7-19)12-18-8-10-24(15-18)21(25)14-17-2-1-3-20(13-17)26-11-9-23;/h1-7,13,18H,8-12,14-15,23H2;1H. The van der Waals surface area contributed by atoms with Gasteiger partial charge < -0.3 is 15.4 Å². The largest absolute Gasteiger partial charge is 0.492 e. The number of nitrogens with zero attached hydrogens (tertiary/aromatic N) is 1. The molecule has 1 aliphatic heterocycles. The van der Waals surface area contributed by atoms with E-state index >= 15 is 0 Å². The quantitative estimate of drug-likeness (QED) is 0.758. The van der Waals surface area contributed by atoms with Crippen LogP contribution >= 0.6 is 24.0 Å². The van der Waals surface area contributed by atoms with Gasteiger partial charge >= 0.3 is 0 Å². The van der Waals surface area contributed by atoms with Crippen molar-refractivity contribution in [2.24, 2.45) is 11.7 Å². The van der Waals surface area contributed by atoms with Crippen LogP contribution in [0.3, 0.4) is 0 Å². The summed E-state index contributed by atoms with van der Waals surface area (Å²) in [5, 5.41) is 0.759. The van der Waals surface area contributed by atoms with Gasteiger partial charge in [0, 0.05) is 24.7 Å². The molecule has 4 nitrogen and oxygen atoms in total. The zero-order valence-corrected chi connectivity index (χ0v) is 16.8. The average Bonchev–Trinajstić information content (AvgIpc) is 3.11. The zero-order chi connectivity index (χ0) is 18.4. The summed E-state index contributed by atoms with van der Waals surface area (Å²) in [5.74, 6) is 1.46. The highest BCUT2D eigenvalue weighted by Gasteiger charge is 2.26. The monoisotopic (exact) mass is 408 g/mol. The number of nitrogens with two attached hydrogens (primary N) is 1. The molecular weight excluding hydrogens is 383 g/mol. The number of hydrogen-bond acceptors (Lipinski definition) is 3. The van der Waals surface area contributed by atoms with Gasteiger partial charge in [0.05, 0.1) is 6.42 Å². The van der Waals surface area contributed by atoms with Crippen molar-refractivity contribution in [3.63, 3.8) is 0 Å². The fourth-order valence-electron chi connectivity index (χ4n) is 3.39. The molecule has 27 heavy (non-hydrogen) atoms. The summed E-state index contributed by atoms with van der Waals surface area (Å²) in [5.41, 5.74) is 7.71. The minimum Gasteiger partial charge on any atom is -0.492 e. The molecule has 1 unspecified atom stereocenters. The number of benzene rings is 2. The van der Waals surface area contributed by atoms with Crippen LogP contribution in [0.4, 0.5) is 0 Å². The number of carbonyl (C=O) groups is 1. The maximum absolute atomic E-state index is 12.6. The molecule has 3 rings (SSSR count). The minimum absolute atomic E-state index is 0. The number of amides is 1. The molecule has 2 aromatic carbocycles. The average molecular weight is 409 g/mol. The van der Waals surface area contributed by atoms with Crippen molar-refractivity contribution < 1.29 is 9.53 Å². The van der Waals surface area contributed by atoms with Gasteiger partial charge in [0.15, 0.2) is 0 Å². The van der Waals surface area contributed by atoms with E-state index in [-0.39, 0.29) is 18.3 Å². The van der Waals surface area contributed by atoms with E-state index in [0.717, 1.165) is 42.3 Å². The Morgan fingerprint density at radius 2 is 1.96 bits per heavy atom. The van der Waals surface area contributed by atoms with Gasteiger partial charge in [0.25, 0.3) is 0 Å². The Kier molecular flexibility index (Phi) is 8.42. The number of ether oxygens (including phenoxy) is 1. The predicted molar refractivity (Wildman–Crippen MR) is 112 cm³/mol. The van der Waals surface area contributed by atoms with Crippen molar-refractivity contribution in [2.75, 3.05) is 26.2 Å². The number of rotatable bonds is 7. The lowest BCUT2D eigenvalue weighted by atomic mass is 9.99. The summed E-state index contributed by atoms with van der Waals surface area (Å²) >= 11 is 5.94. The molecule has 2 aromatic rings. The third-order valence-corrected chi connectivity index (χ3v) is 4.97. The lowest BCUT2D eigenvalue weighted by Crippen LogP contribution is -2.30. The Hall–Kier alpha value is -1.75. The van der Waals surface area contributed by atoms with Crippen LogP contribution in [0.2, 0.25) is 5.02 Å². The molecule has 0 spiro atoms. The molecular formula is C21H26Cl2N2O2. The lowest BCUT2D eigenvalue weighted by molar-refractivity contribution is -0.129. The topological polar surface area (TPSA) is 55.6 Å². The third-order valence-electron chi connectivity index (χ3n) is 4.72. The van der Waals surface area contributed by atoms with Gasteiger partial charge in [0.2, 0.25) is 5.91 Å². The fraction of sp³-hybridized carbons (Fsp3) is 0.381. The number of hydrogen-bond donors (Lipinski definition) is 1. The molecule has 1 atom stereocenters. The first-order chi connectivity index (χ1) is 12.6. The second-order valence-electron chi connectivity index (χ2n) is 6.79. The van der Waals surface area contributed by atoms with Crippen molar-refractivity contribution in [3.05, 3.63) is 64.7 Å². The van der Waals surface area contributed by atoms with Gasteiger partial charge in [-0.3, -0.25) is 4.79 Å². The molecule has 1 amide bonds. The van der Waals surface area contributed by atoms with Gasteiger partial charge in [-0.2, -0.15) is 0 Å². The van der Waals surface area contributed by atoms with E-state index in [1.54, 1.807) is 0 Å². The van der Waals surface area contributed by atoms with E-state index in [2.05, 4.69) is 12.1 Å². The summed E-state index contributed by atoms with van der Waals surface area (Å²) in [6.07, 6.45) is 2.45. The molecule has 0 radical (unpaired) electrons. The smallest absolute Gasteiger partial charge is 0.227 e. The molecule has 0 saturated carbocycles. The van der Waals surface area contributed by atoms with Crippen LogP contribution < -0.4 is 10.5 Å². The SMILES string of the molecule is Cl.NCCOc1cccc(CC(=O)N2CCC(Cc3ccc(Cl)cc3)C2)c1. The molecule has 0 bridgehead atoms. The second kappa shape index (κ2) is 10.5. The molecule has 1 aliphatic rings. The molecule has 2 N–H and O–H groups in total. The van der Waals surface area contributed by atoms with Gasteiger partial charge in [-0.1, -0.05) is 35.9 Å². The van der Waals surface area contributed by atoms with Crippen molar-refractivity contribution in [1.29, 1.82) is 0 Å². The van der Waals surface area contributed by atoms with E-state index in [4.69, 9.17) is 22.1 Å². The predicted octanol–water partition coefficient (Wildman–Crippen LogP) is 3.73. The molecule has 6 heteroatoms. The van der Waals surface area contributed by atoms with E-state index in [1.165, 1.54) is 5.56 Å². The summed E-state index contributed by atoms with van der Waals surface area (Å²) in [6, 6.07) is 15.7. The van der Waals surface area contributed by atoms with Gasteiger partial charge in [0.1, 0.15) is 12.4 Å². The Morgan fingerprint density at radius 3 is 2.70 bits per heavy atom. The van der Waals surface area contributed by atoms with Crippen LogP contribution in [0.5, 0.6) is 5.75 Å².